The number of hydrogen-bond acceptors (Lipinski definition) is 4. The Balaban J connectivity index is 2.17. The second-order valence-electron chi connectivity index (χ2n) is 6.44. The lowest BCUT2D eigenvalue weighted by Crippen LogP contribution is -2.19. The first kappa shape index (κ1) is 18.9. The molecule has 0 saturated carbocycles. The summed E-state index contributed by atoms with van der Waals surface area (Å²) in [4.78, 5) is 2.05. The third-order valence-corrected chi connectivity index (χ3v) is 4.73. The van der Waals surface area contributed by atoms with Crippen molar-refractivity contribution in [3.8, 4) is 5.69 Å². The van der Waals surface area contributed by atoms with Crippen LogP contribution in [0.3, 0.4) is 0 Å². The van der Waals surface area contributed by atoms with E-state index in [9.17, 15) is 0 Å². The summed E-state index contributed by atoms with van der Waals surface area (Å²) in [7, 11) is 3.99. The fourth-order valence-corrected chi connectivity index (χ4v) is 3.41. The molecule has 1 heterocycles. The third kappa shape index (κ3) is 3.76. The minimum absolute atomic E-state index is 0.425. The maximum Gasteiger partial charge on any atom is 0.151 e. The first-order chi connectivity index (χ1) is 12.4. The molecule has 2 aromatic carbocycles. The van der Waals surface area contributed by atoms with E-state index in [1.165, 1.54) is 0 Å². The van der Waals surface area contributed by atoms with Crippen LogP contribution in [-0.4, -0.2) is 33.8 Å². The predicted molar refractivity (Wildman–Crippen MR) is 106 cm³/mol. The van der Waals surface area contributed by atoms with Crippen LogP contribution < -0.4 is 5.73 Å². The predicted octanol–water partition coefficient (Wildman–Crippen LogP) is 3.99. The van der Waals surface area contributed by atoms with Gasteiger partial charge in [-0.1, -0.05) is 41.4 Å². The first-order valence-corrected chi connectivity index (χ1v) is 8.99. The quantitative estimate of drug-likeness (QED) is 0.716. The van der Waals surface area contributed by atoms with Crippen molar-refractivity contribution in [1.82, 2.24) is 19.7 Å². The van der Waals surface area contributed by atoms with E-state index in [-0.39, 0.29) is 0 Å². The lowest BCUT2D eigenvalue weighted by atomic mass is 9.97. The highest BCUT2D eigenvalue weighted by atomic mass is 35.5. The van der Waals surface area contributed by atoms with E-state index in [1.807, 2.05) is 73.0 Å². The molecule has 3 rings (SSSR count). The molecule has 5 nitrogen and oxygen atoms in total. The molecule has 136 valence electrons. The second kappa shape index (κ2) is 7.76. The summed E-state index contributed by atoms with van der Waals surface area (Å²) >= 11 is 12.6. The number of hydrogen-bond donors (Lipinski definition) is 1. The van der Waals surface area contributed by atoms with Crippen LogP contribution in [0.4, 0.5) is 0 Å². The number of aryl methyl sites for hydroxylation is 1. The molecule has 0 radical (unpaired) electrons. The normalized spacial score (nSPS) is 12.6. The van der Waals surface area contributed by atoms with Gasteiger partial charge in [0, 0.05) is 10.0 Å². The summed E-state index contributed by atoms with van der Waals surface area (Å²) in [5, 5.41) is 9.80. The van der Waals surface area contributed by atoms with Crippen LogP contribution in [0.5, 0.6) is 0 Å². The van der Waals surface area contributed by atoms with E-state index in [0.29, 0.717) is 16.6 Å². The number of rotatable bonds is 5. The average Bonchev–Trinajstić information content (AvgIpc) is 2.94. The number of halogens is 2. The van der Waals surface area contributed by atoms with Gasteiger partial charge in [-0.25, -0.2) is 0 Å². The van der Waals surface area contributed by atoms with E-state index < -0.39 is 6.04 Å². The Bertz CT molecular complexity index is 920. The average molecular weight is 390 g/mol. The van der Waals surface area contributed by atoms with Gasteiger partial charge < -0.3 is 10.6 Å². The van der Waals surface area contributed by atoms with Crippen LogP contribution in [-0.2, 0) is 6.54 Å². The minimum Gasteiger partial charge on any atom is -0.320 e. The summed E-state index contributed by atoms with van der Waals surface area (Å²) in [5.41, 5.74) is 9.20. The maximum absolute atomic E-state index is 6.59. The van der Waals surface area contributed by atoms with Crippen molar-refractivity contribution in [2.75, 3.05) is 14.1 Å². The summed E-state index contributed by atoms with van der Waals surface area (Å²) < 4.78 is 2.02. The number of aromatic nitrogens is 3. The number of nitrogens with two attached hydrogens (primary N) is 1. The van der Waals surface area contributed by atoms with Gasteiger partial charge in [-0.15, -0.1) is 10.2 Å². The molecule has 1 atom stereocenters. The summed E-state index contributed by atoms with van der Waals surface area (Å²) in [6, 6.07) is 12.8. The molecule has 1 unspecified atom stereocenters. The highest BCUT2D eigenvalue weighted by Crippen LogP contribution is 2.32. The van der Waals surface area contributed by atoms with Crippen molar-refractivity contribution in [3.05, 3.63) is 75.3 Å². The van der Waals surface area contributed by atoms with Gasteiger partial charge in [-0.3, -0.25) is 4.57 Å². The van der Waals surface area contributed by atoms with Gasteiger partial charge in [0.25, 0.3) is 0 Å². The SMILES string of the molecule is Cc1nnc(CN(C)C)n1-c1ccc(Cl)cc1C(N)c1ccccc1Cl. The van der Waals surface area contributed by atoms with E-state index in [0.717, 1.165) is 28.5 Å². The summed E-state index contributed by atoms with van der Waals surface area (Å²) in [5.74, 6) is 1.62. The van der Waals surface area contributed by atoms with Crippen molar-refractivity contribution < 1.29 is 0 Å². The molecule has 3 aromatic rings. The van der Waals surface area contributed by atoms with Crippen molar-refractivity contribution in [2.24, 2.45) is 5.73 Å². The zero-order valence-corrected chi connectivity index (χ0v) is 16.5. The third-order valence-electron chi connectivity index (χ3n) is 4.16. The molecule has 0 aliphatic rings. The number of benzene rings is 2. The molecular weight excluding hydrogens is 369 g/mol. The Labute approximate surface area is 163 Å². The van der Waals surface area contributed by atoms with E-state index in [2.05, 4.69) is 10.2 Å². The lowest BCUT2D eigenvalue weighted by molar-refractivity contribution is 0.387. The number of nitrogens with zero attached hydrogens (tertiary/aromatic N) is 4. The van der Waals surface area contributed by atoms with Crippen LogP contribution in [0, 0.1) is 6.92 Å². The van der Waals surface area contributed by atoms with Crippen LogP contribution >= 0.6 is 23.2 Å². The molecule has 0 amide bonds. The van der Waals surface area contributed by atoms with Gasteiger partial charge in [0.05, 0.1) is 18.3 Å². The Kier molecular flexibility index (Phi) is 5.63. The lowest BCUT2D eigenvalue weighted by Gasteiger charge is -2.21. The highest BCUT2D eigenvalue weighted by Gasteiger charge is 2.21. The second-order valence-corrected chi connectivity index (χ2v) is 7.28. The van der Waals surface area contributed by atoms with Crippen LogP contribution in [0.15, 0.2) is 42.5 Å². The molecule has 0 saturated heterocycles. The van der Waals surface area contributed by atoms with Crippen LogP contribution in [0.2, 0.25) is 10.0 Å². The fourth-order valence-electron chi connectivity index (χ4n) is 2.98. The van der Waals surface area contributed by atoms with Crippen LogP contribution in [0.25, 0.3) is 5.69 Å². The maximum atomic E-state index is 6.59. The van der Waals surface area contributed by atoms with Gasteiger partial charge in [-0.05, 0) is 56.4 Å². The molecule has 26 heavy (non-hydrogen) atoms. The molecule has 2 N–H and O–H groups in total. The van der Waals surface area contributed by atoms with Crippen molar-refractivity contribution >= 4 is 23.2 Å². The van der Waals surface area contributed by atoms with Crippen LogP contribution in [0.1, 0.15) is 28.8 Å². The molecule has 0 aliphatic carbocycles. The molecule has 7 heteroatoms. The van der Waals surface area contributed by atoms with Gasteiger partial charge in [0.15, 0.2) is 5.82 Å². The van der Waals surface area contributed by atoms with Gasteiger partial charge in [0.1, 0.15) is 5.82 Å². The topological polar surface area (TPSA) is 60.0 Å². The molecule has 0 spiro atoms. The highest BCUT2D eigenvalue weighted by molar-refractivity contribution is 6.31. The summed E-state index contributed by atoms with van der Waals surface area (Å²) in [6.07, 6.45) is 0. The molecule has 0 bridgehead atoms. The Hall–Kier alpha value is -1.92. The Morgan fingerprint density at radius 2 is 1.81 bits per heavy atom. The van der Waals surface area contributed by atoms with Gasteiger partial charge in [-0.2, -0.15) is 0 Å². The van der Waals surface area contributed by atoms with Crippen molar-refractivity contribution in [1.29, 1.82) is 0 Å². The van der Waals surface area contributed by atoms with Gasteiger partial charge in [0.2, 0.25) is 0 Å². The zero-order valence-electron chi connectivity index (χ0n) is 14.9. The van der Waals surface area contributed by atoms with E-state index in [4.69, 9.17) is 28.9 Å². The first-order valence-electron chi connectivity index (χ1n) is 8.24. The van der Waals surface area contributed by atoms with E-state index >= 15 is 0 Å². The fraction of sp³-hybridized carbons (Fsp3) is 0.263. The molecule has 1 aromatic heterocycles. The largest absolute Gasteiger partial charge is 0.320 e. The molecule has 0 aliphatic heterocycles. The smallest absolute Gasteiger partial charge is 0.151 e. The zero-order chi connectivity index (χ0) is 18.8. The monoisotopic (exact) mass is 389 g/mol. The van der Waals surface area contributed by atoms with Crippen molar-refractivity contribution in [2.45, 2.75) is 19.5 Å². The molecular formula is C19H21Cl2N5. The molecule has 0 fully saturated rings. The van der Waals surface area contributed by atoms with Crippen molar-refractivity contribution in [3.63, 3.8) is 0 Å². The summed E-state index contributed by atoms with van der Waals surface area (Å²) in [6.45, 7) is 2.58. The van der Waals surface area contributed by atoms with Gasteiger partial charge >= 0.3 is 0 Å². The minimum atomic E-state index is -0.425. The van der Waals surface area contributed by atoms with E-state index in [1.54, 1.807) is 0 Å². The Morgan fingerprint density at radius 1 is 1.08 bits per heavy atom. The standard InChI is InChI=1S/C19H21Cl2N5/c1-12-23-24-18(11-25(2)3)26(12)17-9-8-13(20)10-15(17)19(22)14-6-4-5-7-16(14)21/h4-10,19H,11,22H2,1-3H3. The Morgan fingerprint density at radius 3 is 2.50 bits per heavy atom.